The fourth-order valence-electron chi connectivity index (χ4n) is 2.54. The number of hydrogen-bond donors (Lipinski definition) is 1. The molecule has 0 atom stereocenters. The summed E-state index contributed by atoms with van der Waals surface area (Å²) in [5.41, 5.74) is 2.08. The molecule has 0 radical (unpaired) electrons. The average molecular weight is 265 g/mol. The van der Waals surface area contributed by atoms with Crippen LogP contribution in [-0.4, -0.2) is 21.8 Å². The molecule has 0 saturated heterocycles. The van der Waals surface area contributed by atoms with Crippen molar-refractivity contribution < 1.29 is 9.90 Å². The number of aromatic carboxylic acids is 1. The minimum atomic E-state index is -0.867. The van der Waals surface area contributed by atoms with Gasteiger partial charge in [-0.05, 0) is 44.2 Å². The molecule has 1 saturated carbocycles. The monoisotopic (exact) mass is 265 g/mol. The van der Waals surface area contributed by atoms with Gasteiger partial charge in [0.25, 0.3) is 0 Å². The van der Waals surface area contributed by atoms with Crippen LogP contribution in [-0.2, 0) is 0 Å². The summed E-state index contributed by atoms with van der Waals surface area (Å²) in [7, 11) is 0. The first-order valence-corrected chi connectivity index (χ1v) is 7.41. The third-order valence-corrected chi connectivity index (χ3v) is 4.66. The lowest BCUT2D eigenvalue weighted by molar-refractivity contribution is 0.0691. The van der Waals surface area contributed by atoms with Crippen LogP contribution in [0.4, 0.5) is 0 Å². The van der Waals surface area contributed by atoms with Crippen LogP contribution in [0.3, 0.4) is 0 Å². The molecule has 1 aromatic heterocycles. The maximum absolute atomic E-state index is 11.3. The van der Waals surface area contributed by atoms with Crippen LogP contribution < -0.4 is 0 Å². The SMILES string of the molecule is Cc1cc(C)c(C(=O)O)c(SCC2CCCC2)n1. The van der Waals surface area contributed by atoms with Gasteiger partial charge in [0, 0.05) is 11.4 Å². The standard InChI is InChI=1S/C14H19NO2S/c1-9-7-10(2)15-13(12(9)14(16)17)18-8-11-5-3-4-6-11/h7,11H,3-6,8H2,1-2H3,(H,16,17). The Bertz CT molecular complexity index is 453. The van der Waals surface area contributed by atoms with E-state index in [1.54, 1.807) is 11.8 Å². The summed E-state index contributed by atoms with van der Waals surface area (Å²) in [6.45, 7) is 3.76. The third-order valence-electron chi connectivity index (χ3n) is 3.46. The number of aromatic nitrogens is 1. The van der Waals surface area contributed by atoms with Crippen molar-refractivity contribution in [2.45, 2.75) is 44.6 Å². The highest BCUT2D eigenvalue weighted by molar-refractivity contribution is 7.99. The van der Waals surface area contributed by atoms with Crippen molar-refractivity contribution in [3.8, 4) is 0 Å². The molecule has 2 rings (SSSR count). The van der Waals surface area contributed by atoms with Crippen molar-refractivity contribution in [1.82, 2.24) is 4.98 Å². The summed E-state index contributed by atoms with van der Waals surface area (Å²) in [6, 6.07) is 1.84. The molecular formula is C14H19NO2S. The number of carbonyl (C=O) groups is 1. The van der Waals surface area contributed by atoms with Gasteiger partial charge in [-0.3, -0.25) is 0 Å². The van der Waals surface area contributed by atoms with E-state index in [1.165, 1.54) is 25.7 Å². The maximum Gasteiger partial charge on any atom is 0.338 e. The van der Waals surface area contributed by atoms with Crippen LogP contribution in [0.15, 0.2) is 11.1 Å². The van der Waals surface area contributed by atoms with Gasteiger partial charge in [0.05, 0.1) is 5.56 Å². The molecule has 18 heavy (non-hydrogen) atoms. The second-order valence-electron chi connectivity index (χ2n) is 5.03. The Hall–Kier alpha value is -1.03. The van der Waals surface area contributed by atoms with Crippen LogP contribution in [0.2, 0.25) is 0 Å². The van der Waals surface area contributed by atoms with Crippen molar-refractivity contribution in [2.24, 2.45) is 5.92 Å². The number of nitrogens with zero attached hydrogens (tertiary/aromatic N) is 1. The summed E-state index contributed by atoms with van der Waals surface area (Å²) in [4.78, 5) is 15.7. The van der Waals surface area contributed by atoms with Crippen molar-refractivity contribution in [3.05, 3.63) is 22.9 Å². The number of thioether (sulfide) groups is 1. The summed E-state index contributed by atoms with van der Waals surface area (Å²) in [5, 5.41) is 9.96. The molecular weight excluding hydrogens is 246 g/mol. The summed E-state index contributed by atoms with van der Waals surface area (Å²) >= 11 is 1.61. The van der Waals surface area contributed by atoms with Crippen LogP contribution in [0.25, 0.3) is 0 Å². The van der Waals surface area contributed by atoms with E-state index >= 15 is 0 Å². The van der Waals surface area contributed by atoms with Crippen molar-refractivity contribution in [1.29, 1.82) is 0 Å². The highest BCUT2D eigenvalue weighted by Crippen LogP contribution is 2.32. The first-order valence-electron chi connectivity index (χ1n) is 6.42. The molecule has 1 N–H and O–H groups in total. The van der Waals surface area contributed by atoms with Gasteiger partial charge < -0.3 is 5.11 Å². The van der Waals surface area contributed by atoms with E-state index < -0.39 is 5.97 Å². The van der Waals surface area contributed by atoms with Crippen LogP contribution in [0.1, 0.15) is 47.3 Å². The van der Waals surface area contributed by atoms with Gasteiger partial charge in [-0.2, -0.15) is 0 Å². The topological polar surface area (TPSA) is 50.2 Å². The van der Waals surface area contributed by atoms with Crippen LogP contribution in [0.5, 0.6) is 0 Å². The number of hydrogen-bond acceptors (Lipinski definition) is 3. The number of aryl methyl sites for hydroxylation is 2. The molecule has 1 fully saturated rings. The van der Waals surface area contributed by atoms with Gasteiger partial charge in [-0.25, -0.2) is 9.78 Å². The van der Waals surface area contributed by atoms with E-state index in [9.17, 15) is 9.90 Å². The lowest BCUT2D eigenvalue weighted by Gasteiger charge is -2.12. The first-order chi connectivity index (χ1) is 8.58. The van der Waals surface area contributed by atoms with Gasteiger partial charge in [0.2, 0.25) is 0 Å². The van der Waals surface area contributed by atoms with Gasteiger partial charge in [-0.15, -0.1) is 11.8 Å². The summed E-state index contributed by atoms with van der Waals surface area (Å²) in [6.07, 6.45) is 5.19. The smallest absolute Gasteiger partial charge is 0.338 e. The molecule has 1 aliphatic rings. The van der Waals surface area contributed by atoms with Gasteiger partial charge in [0.15, 0.2) is 0 Å². The first kappa shape index (κ1) is 13.4. The molecule has 0 aliphatic heterocycles. The Morgan fingerprint density at radius 2 is 2.11 bits per heavy atom. The predicted molar refractivity (Wildman–Crippen MR) is 73.4 cm³/mol. The van der Waals surface area contributed by atoms with Crippen molar-refractivity contribution in [3.63, 3.8) is 0 Å². The zero-order valence-corrected chi connectivity index (χ0v) is 11.7. The van der Waals surface area contributed by atoms with E-state index in [1.807, 2.05) is 19.9 Å². The molecule has 3 nitrogen and oxygen atoms in total. The zero-order chi connectivity index (χ0) is 13.1. The molecule has 0 unspecified atom stereocenters. The molecule has 1 aliphatic carbocycles. The van der Waals surface area contributed by atoms with Crippen LogP contribution in [0, 0.1) is 19.8 Å². The zero-order valence-electron chi connectivity index (χ0n) is 10.9. The largest absolute Gasteiger partial charge is 0.478 e. The normalized spacial score (nSPS) is 16.1. The Balaban J connectivity index is 2.16. The van der Waals surface area contributed by atoms with E-state index in [2.05, 4.69) is 4.98 Å². The predicted octanol–water partition coefficient (Wildman–Crippen LogP) is 3.68. The van der Waals surface area contributed by atoms with Gasteiger partial charge in [0.1, 0.15) is 5.03 Å². The quantitative estimate of drug-likeness (QED) is 0.844. The fourth-order valence-corrected chi connectivity index (χ4v) is 3.87. The molecule has 98 valence electrons. The molecule has 1 aromatic rings. The van der Waals surface area contributed by atoms with Crippen molar-refractivity contribution in [2.75, 3.05) is 5.75 Å². The minimum Gasteiger partial charge on any atom is -0.478 e. The Morgan fingerprint density at radius 1 is 1.44 bits per heavy atom. The lowest BCUT2D eigenvalue weighted by Crippen LogP contribution is -2.07. The van der Waals surface area contributed by atoms with Crippen LogP contribution >= 0.6 is 11.8 Å². The number of carboxylic acid groups (broad SMARTS) is 1. The molecule has 0 amide bonds. The highest BCUT2D eigenvalue weighted by Gasteiger charge is 2.19. The second kappa shape index (κ2) is 5.74. The van der Waals surface area contributed by atoms with Gasteiger partial charge >= 0.3 is 5.97 Å². The maximum atomic E-state index is 11.3. The molecule has 1 heterocycles. The number of rotatable bonds is 4. The number of pyridine rings is 1. The highest BCUT2D eigenvalue weighted by atomic mass is 32.2. The Labute approximate surface area is 112 Å². The lowest BCUT2D eigenvalue weighted by atomic mass is 10.1. The average Bonchev–Trinajstić information content (AvgIpc) is 2.77. The Morgan fingerprint density at radius 3 is 2.72 bits per heavy atom. The van der Waals surface area contributed by atoms with E-state index in [0.29, 0.717) is 10.6 Å². The Kier molecular flexibility index (Phi) is 4.27. The fraction of sp³-hybridized carbons (Fsp3) is 0.571. The molecule has 0 bridgehead atoms. The molecule has 0 spiro atoms. The van der Waals surface area contributed by atoms with Crippen molar-refractivity contribution >= 4 is 17.7 Å². The molecule has 4 heteroatoms. The number of carboxylic acids is 1. The summed E-state index contributed by atoms with van der Waals surface area (Å²) in [5.74, 6) is 0.865. The van der Waals surface area contributed by atoms with E-state index in [4.69, 9.17) is 0 Å². The summed E-state index contributed by atoms with van der Waals surface area (Å²) < 4.78 is 0. The minimum absolute atomic E-state index is 0.378. The molecule has 0 aromatic carbocycles. The van der Waals surface area contributed by atoms with E-state index in [0.717, 1.165) is 22.9 Å². The van der Waals surface area contributed by atoms with E-state index in [-0.39, 0.29) is 0 Å². The second-order valence-corrected chi connectivity index (χ2v) is 6.04. The van der Waals surface area contributed by atoms with Gasteiger partial charge in [-0.1, -0.05) is 12.8 Å². The third kappa shape index (κ3) is 3.05.